The molecule has 0 saturated heterocycles. The van der Waals surface area contributed by atoms with Gasteiger partial charge in [-0.15, -0.1) is 0 Å². The first-order valence-electron chi connectivity index (χ1n) is 4.44. The second-order valence-electron chi connectivity index (χ2n) is 3.03. The molecule has 0 aromatic rings. The third-order valence-corrected chi connectivity index (χ3v) is 1.78. The van der Waals surface area contributed by atoms with Crippen LogP contribution in [0.5, 0.6) is 0 Å². The van der Waals surface area contributed by atoms with Crippen LogP contribution in [0.2, 0.25) is 0 Å². The molecule has 0 saturated carbocycles. The Kier molecular flexibility index (Phi) is 5.78. The van der Waals surface area contributed by atoms with E-state index in [1.807, 2.05) is 0 Å². The maximum absolute atomic E-state index is 10.9. The highest BCUT2D eigenvalue weighted by Gasteiger charge is 2.22. The van der Waals surface area contributed by atoms with Crippen LogP contribution in [0.15, 0.2) is 4.99 Å². The first-order valence-corrected chi connectivity index (χ1v) is 4.44. The van der Waals surface area contributed by atoms with E-state index in [0.29, 0.717) is 0 Å². The highest BCUT2D eigenvalue weighted by atomic mass is 16.6. The quantitative estimate of drug-likeness (QED) is 0.159. The van der Waals surface area contributed by atoms with Crippen LogP contribution in [0.3, 0.4) is 0 Å². The van der Waals surface area contributed by atoms with Crippen LogP contribution in [0.4, 0.5) is 0 Å². The van der Waals surface area contributed by atoms with Crippen LogP contribution >= 0.6 is 0 Å². The van der Waals surface area contributed by atoms with Crippen molar-refractivity contribution >= 4 is 11.9 Å². The van der Waals surface area contributed by atoms with Gasteiger partial charge in [-0.3, -0.25) is 14.9 Å². The van der Waals surface area contributed by atoms with Gasteiger partial charge in [0.05, 0.1) is 7.11 Å². The van der Waals surface area contributed by atoms with Gasteiger partial charge in [-0.2, -0.15) is 4.99 Å². The number of esters is 1. The highest BCUT2D eigenvalue weighted by Crippen LogP contribution is 2.05. The summed E-state index contributed by atoms with van der Waals surface area (Å²) in [4.78, 5) is 24.2. The topological polar surface area (TPSA) is 160 Å². The number of rotatable bonds is 6. The fraction of sp³-hybridized carbons (Fsp3) is 0.714. The van der Waals surface area contributed by atoms with Crippen molar-refractivity contribution in [3.63, 3.8) is 0 Å². The molecule has 9 heteroatoms. The van der Waals surface area contributed by atoms with E-state index in [2.05, 4.69) is 9.73 Å². The van der Waals surface area contributed by atoms with Gasteiger partial charge in [0.15, 0.2) is 5.96 Å². The molecule has 92 valence electrons. The van der Waals surface area contributed by atoms with Crippen LogP contribution < -0.4 is 17.2 Å². The van der Waals surface area contributed by atoms with Crippen molar-refractivity contribution in [3.8, 4) is 0 Å². The van der Waals surface area contributed by atoms with Crippen LogP contribution in [0.1, 0.15) is 12.8 Å². The number of nitrogens with two attached hydrogens (primary N) is 3. The largest absolute Gasteiger partial charge is 0.468 e. The molecule has 0 spiro atoms. The maximum Gasteiger partial charge on any atom is 0.322 e. The summed E-state index contributed by atoms with van der Waals surface area (Å²) in [6, 6.07) is -0.915. The number of aliphatic imine (C=N–C) groups is 1. The van der Waals surface area contributed by atoms with Gasteiger partial charge in [0.25, 0.3) is 0 Å². The zero-order valence-corrected chi connectivity index (χ0v) is 8.83. The van der Waals surface area contributed by atoms with Crippen molar-refractivity contribution in [2.24, 2.45) is 22.2 Å². The minimum atomic E-state index is -1.29. The van der Waals surface area contributed by atoms with Gasteiger partial charge in [-0.1, -0.05) is 0 Å². The van der Waals surface area contributed by atoms with E-state index < -0.39 is 23.1 Å². The van der Waals surface area contributed by atoms with Crippen molar-refractivity contribution in [3.05, 3.63) is 10.1 Å². The molecule has 9 nitrogen and oxygen atoms in total. The normalized spacial score (nSPS) is 13.6. The summed E-state index contributed by atoms with van der Waals surface area (Å²) in [6.07, 6.45) is -1.27. The van der Waals surface area contributed by atoms with Crippen LogP contribution in [-0.4, -0.2) is 36.2 Å². The molecule has 0 aliphatic carbocycles. The molecule has 16 heavy (non-hydrogen) atoms. The van der Waals surface area contributed by atoms with Crippen molar-refractivity contribution in [2.75, 3.05) is 7.11 Å². The molecular formula is C7H15N5O4. The van der Waals surface area contributed by atoms with Crippen LogP contribution in [0.25, 0.3) is 0 Å². The third kappa shape index (κ3) is 5.10. The Morgan fingerprint density at radius 2 is 2.06 bits per heavy atom. The summed E-state index contributed by atoms with van der Waals surface area (Å²) in [7, 11) is 1.18. The van der Waals surface area contributed by atoms with Gasteiger partial charge in [-0.25, -0.2) is 0 Å². The van der Waals surface area contributed by atoms with Gasteiger partial charge < -0.3 is 21.9 Å². The molecule has 0 amide bonds. The van der Waals surface area contributed by atoms with Gasteiger partial charge in [0.2, 0.25) is 0 Å². The number of nitro groups is 1. The van der Waals surface area contributed by atoms with Gasteiger partial charge in [-0.05, 0) is 6.42 Å². The molecule has 2 atom stereocenters. The van der Waals surface area contributed by atoms with Crippen molar-refractivity contribution in [1.29, 1.82) is 0 Å². The highest BCUT2D eigenvalue weighted by molar-refractivity contribution is 5.76. The molecule has 0 fully saturated rings. The molecule has 0 heterocycles. The number of carbonyl (C=O) groups excluding carboxylic acids is 1. The van der Waals surface area contributed by atoms with Gasteiger partial charge in [0, 0.05) is 11.3 Å². The average molecular weight is 233 g/mol. The fourth-order valence-corrected chi connectivity index (χ4v) is 0.987. The standard InChI is InChI=1S/C7H15N5O4/c1-16-6(13)4(8)2-3-5(12(14)15)11-7(9)10/h4-5H,2-3,8H2,1H3,(H4,9,10,11)/t4-,5-/m0/s1. The van der Waals surface area contributed by atoms with E-state index in [-0.39, 0.29) is 18.8 Å². The zero-order chi connectivity index (χ0) is 12.7. The van der Waals surface area contributed by atoms with Crippen LogP contribution in [-0.2, 0) is 9.53 Å². The molecule has 0 bridgehead atoms. The van der Waals surface area contributed by atoms with Crippen LogP contribution in [0, 0.1) is 10.1 Å². The number of nitrogens with zero attached hydrogens (tertiary/aromatic N) is 2. The molecule has 6 N–H and O–H groups in total. The summed E-state index contributed by atoms with van der Waals surface area (Å²) in [5, 5.41) is 10.5. The molecular weight excluding hydrogens is 218 g/mol. The monoisotopic (exact) mass is 233 g/mol. The first kappa shape index (κ1) is 14.1. The second-order valence-corrected chi connectivity index (χ2v) is 3.03. The number of guanidine groups is 1. The average Bonchev–Trinajstić information content (AvgIpc) is 2.21. The van der Waals surface area contributed by atoms with Gasteiger partial charge >= 0.3 is 12.1 Å². The summed E-state index contributed by atoms with van der Waals surface area (Å²) in [5.74, 6) is -1.01. The second kappa shape index (κ2) is 6.56. The number of ether oxygens (including phenoxy) is 1. The number of hydrogen-bond acceptors (Lipinski definition) is 6. The molecule has 0 aromatic carbocycles. The van der Waals surface area contributed by atoms with E-state index in [1.54, 1.807) is 0 Å². The number of methoxy groups -OCH3 is 1. The van der Waals surface area contributed by atoms with E-state index in [9.17, 15) is 14.9 Å². The zero-order valence-electron chi connectivity index (χ0n) is 8.83. The lowest BCUT2D eigenvalue weighted by atomic mass is 10.1. The number of hydrogen-bond donors (Lipinski definition) is 3. The summed E-state index contributed by atoms with van der Waals surface area (Å²) in [5.41, 5.74) is 15.4. The van der Waals surface area contributed by atoms with Crippen molar-refractivity contribution in [1.82, 2.24) is 0 Å². The molecule has 0 aliphatic rings. The summed E-state index contributed by atoms with van der Waals surface area (Å²) in [6.45, 7) is 0. The minimum Gasteiger partial charge on any atom is -0.468 e. The maximum atomic E-state index is 10.9. The van der Waals surface area contributed by atoms with Crippen molar-refractivity contribution < 1.29 is 14.5 Å². The van der Waals surface area contributed by atoms with Crippen molar-refractivity contribution in [2.45, 2.75) is 25.0 Å². The molecule has 0 aliphatic heterocycles. The Hall–Kier alpha value is -1.90. The van der Waals surface area contributed by atoms with Gasteiger partial charge in [0.1, 0.15) is 6.04 Å². The Morgan fingerprint density at radius 1 is 1.50 bits per heavy atom. The Morgan fingerprint density at radius 3 is 2.44 bits per heavy atom. The lowest BCUT2D eigenvalue weighted by molar-refractivity contribution is -0.521. The van der Waals surface area contributed by atoms with E-state index in [1.165, 1.54) is 7.11 Å². The minimum absolute atomic E-state index is 0.0405. The lowest BCUT2D eigenvalue weighted by Gasteiger charge is -2.09. The Balaban J connectivity index is 4.28. The number of carbonyl (C=O) groups is 1. The van der Waals surface area contributed by atoms with E-state index >= 15 is 0 Å². The molecule has 0 radical (unpaired) electrons. The Bertz CT molecular complexity index is 289. The first-order chi connectivity index (χ1) is 7.38. The van der Waals surface area contributed by atoms with E-state index in [4.69, 9.17) is 17.2 Å². The SMILES string of the molecule is COC(=O)[C@@H](N)CC[C@@H](N=C(N)N)[N+](=O)[O-]. The fourth-order valence-electron chi connectivity index (χ4n) is 0.987. The summed E-state index contributed by atoms with van der Waals surface area (Å²) < 4.78 is 4.37. The lowest BCUT2D eigenvalue weighted by Crippen LogP contribution is -2.34. The van der Waals surface area contributed by atoms with E-state index in [0.717, 1.165) is 0 Å². The predicted octanol–water partition coefficient (Wildman–Crippen LogP) is -1.86. The third-order valence-electron chi connectivity index (χ3n) is 1.78. The molecule has 0 aromatic heterocycles. The predicted molar refractivity (Wildman–Crippen MR) is 55.8 cm³/mol. The summed E-state index contributed by atoms with van der Waals surface area (Å²) >= 11 is 0. The molecule has 0 rings (SSSR count). The smallest absolute Gasteiger partial charge is 0.322 e. The Labute approximate surface area is 91.8 Å². The molecule has 0 unspecified atom stereocenters.